The van der Waals surface area contributed by atoms with Gasteiger partial charge in [0.15, 0.2) is 4.34 Å². The molecule has 3 aromatic rings. The molecule has 0 radical (unpaired) electrons. The van der Waals surface area contributed by atoms with Gasteiger partial charge in [-0.15, -0.1) is 22.0 Å². The number of nitrogens with zero attached hydrogens (tertiary/aromatic N) is 3. The fraction of sp³-hybridized carbons (Fsp3) is 0.158. The van der Waals surface area contributed by atoms with Crippen molar-refractivity contribution in [3.8, 4) is 0 Å². The Morgan fingerprint density at radius 1 is 0.968 bits per heavy atom. The number of nitro benzene ring substituents is 1. The quantitative estimate of drug-likeness (QED) is 0.195. The molecule has 1 heterocycles. The number of rotatable bonds is 10. The smallest absolute Gasteiger partial charge is 0.269 e. The Labute approximate surface area is 190 Å². The number of non-ortho nitro benzene ring substituents is 1. The number of carbonyl (C=O) groups is 2. The van der Waals surface area contributed by atoms with Crippen LogP contribution in [0.5, 0.6) is 0 Å². The Bertz CT molecular complexity index is 1040. The molecule has 3 rings (SSSR count). The molecule has 31 heavy (non-hydrogen) atoms. The lowest BCUT2D eigenvalue weighted by Crippen LogP contribution is -2.14. The molecule has 160 valence electrons. The van der Waals surface area contributed by atoms with Gasteiger partial charge in [0.1, 0.15) is 0 Å². The normalized spacial score (nSPS) is 10.5. The van der Waals surface area contributed by atoms with E-state index in [2.05, 4.69) is 20.8 Å². The average molecular weight is 476 g/mol. The lowest BCUT2D eigenvalue weighted by Gasteiger charge is -2.03. The first-order chi connectivity index (χ1) is 15.0. The third-order valence-electron chi connectivity index (χ3n) is 3.69. The average Bonchev–Trinajstić information content (AvgIpc) is 3.20. The largest absolute Gasteiger partial charge is 0.325 e. The molecule has 0 aliphatic carbocycles. The number of hydrogen-bond acceptors (Lipinski definition) is 9. The lowest BCUT2D eigenvalue weighted by atomic mass is 10.2. The third kappa shape index (κ3) is 7.66. The molecule has 2 N–H and O–H groups in total. The van der Waals surface area contributed by atoms with Crippen LogP contribution < -0.4 is 10.6 Å². The minimum absolute atomic E-state index is 0.0470. The maximum Gasteiger partial charge on any atom is 0.269 e. The standard InChI is InChI=1S/C19H17N5O4S3/c25-16(11-29-10-13-4-2-1-3-5-13)21-18-22-23-19(31-18)30-12-17(26)20-14-6-8-15(9-7-14)24(27)28/h1-9H,10-12H2,(H,20,26)(H,21,22,25). The molecule has 0 atom stereocenters. The van der Waals surface area contributed by atoms with Gasteiger partial charge in [-0.3, -0.25) is 25.0 Å². The zero-order chi connectivity index (χ0) is 22.1. The highest BCUT2D eigenvalue weighted by Gasteiger charge is 2.11. The zero-order valence-corrected chi connectivity index (χ0v) is 18.5. The van der Waals surface area contributed by atoms with E-state index in [9.17, 15) is 19.7 Å². The van der Waals surface area contributed by atoms with Crippen molar-refractivity contribution in [2.24, 2.45) is 0 Å². The summed E-state index contributed by atoms with van der Waals surface area (Å²) in [4.78, 5) is 34.2. The Kier molecular flexibility index (Phi) is 8.38. The van der Waals surface area contributed by atoms with E-state index in [0.717, 1.165) is 11.3 Å². The predicted octanol–water partition coefficient (Wildman–Crippen LogP) is 4.05. The number of aromatic nitrogens is 2. The van der Waals surface area contributed by atoms with Crippen molar-refractivity contribution in [2.75, 3.05) is 22.1 Å². The van der Waals surface area contributed by atoms with Crippen molar-refractivity contribution in [2.45, 2.75) is 10.1 Å². The number of carbonyl (C=O) groups excluding carboxylic acids is 2. The summed E-state index contributed by atoms with van der Waals surface area (Å²) < 4.78 is 0.547. The number of nitrogens with one attached hydrogen (secondary N) is 2. The molecule has 0 unspecified atom stereocenters. The van der Waals surface area contributed by atoms with E-state index in [-0.39, 0.29) is 23.3 Å². The highest BCUT2D eigenvalue weighted by atomic mass is 32.2. The van der Waals surface area contributed by atoms with Crippen LogP contribution in [0.1, 0.15) is 5.56 Å². The Balaban J connectivity index is 1.38. The first-order valence-corrected chi connectivity index (χ1v) is 11.9. The van der Waals surface area contributed by atoms with Crippen LogP contribution in [0.25, 0.3) is 0 Å². The summed E-state index contributed by atoms with van der Waals surface area (Å²) in [7, 11) is 0. The Morgan fingerprint density at radius 3 is 2.39 bits per heavy atom. The lowest BCUT2D eigenvalue weighted by molar-refractivity contribution is -0.384. The molecular weight excluding hydrogens is 458 g/mol. The monoisotopic (exact) mass is 475 g/mol. The van der Waals surface area contributed by atoms with Crippen molar-refractivity contribution in [3.05, 3.63) is 70.3 Å². The van der Waals surface area contributed by atoms with Gasteiger partial charge in [0.2, 0.25) is 16.9 Å². The van der Waals surface area contributed by atoms with Crippen LogP contribution in [0.15, 0.2) is 58.9 Å². The molecule has 12 heteroatoms. The summed E-state index contributed by atoms with van der Waals surface area (Å²) in [5, 5.41) is 24.3. The first-order valence-electron chi connectivity index (χ1n) is 8.92. The minimum Gasteiger partial charge on any atom is -0.325 e. The highest BCUT2D eigenvalue weighted by Crippen LogP contribution is 2.26. The molecule has 2 aromatic carbocycles. The van der Waals surface area contributed by atoms with Gasteiger partial charge in [0.25, 0.3) is 5.69 Å². The van der Waals surface area contributed by atoms with Crippen LogP contribution in [0, 0.1) is 10.1 Å². The van der Waals surface area contributed by atoms with Crippen molar-refractivity contribution in [1.29, 1.82) is 0 Å². The summed E-state index contributed by atoms with van der Waals surface area (Å²) in [5.74, 6) is 0.692. The minimum atomic E-state index is -0.505. The zero-order valence-electron chi connectivity index (χ0n) is 16.0. The van der Waals surface area contributed by atoms with E-state index in [0.29, 0.717) is 20.9 Å². The molecule has 0 saturated heterocycles. The Morgan fingerprint density at radius 2 is 1.68 bits per heavy atom. The van der Waals surface area contributed by atoms with E-state index in [1.54, 1.807) is 0 Å². The number of benzene rings is 2. The predicted molar refractivity (Wildman–Crippen MR) is 124 cm³/mol. The second-order valence-electron chi connectivity index (χ2n) is 6.04. The van der Waals surface area contributed by atoms with Gasteiger partial charge in [0, 0.05) is 23.6 Å². The van der Waals surface area contributed by atoms with Crippen LogP contribution in [0.3, 0.4) is 0 Å². The number of thioether (sulfide) groups is 2. The number of amides is 2. The van der Waals surface area contributed by atoms with Gasteiger partial charge >= 0.3 is 0 Å². The van der Waals surface area contributed by atoms with Crippen LogP contribution in [-0.4, -0.2) is 38.4 Å². The van der Waals surface area contributed by atoms with Crippen molar-refractivity contribution >= 4 is 63.2 Å². The highest BCUT2D eigenvalue weighted by molar-refractivity contribution is 8.01. The second kappa shape index (κ2) is 11.4. The SMILES string of the molecule is O=C(CSc1nnc(NC(=O)CSCc2ccccc2)s1)Nc1ccc([N+](=O)[O-])cc1. The molecule has 0 aliphatic rings. The van der Waals surface area contributed by atoms with Gasteiger partial charge in [-0.25, -0.2) is 0 Å². The van der Waals surface area contributed by atoms with Crippen molar-refractivity contribution < 1.29 is 14.5 Å². The summed E-state index contributed by atoms with van der Waals surface area (Å²) >= 11 is 3.88. The fourth-order valence-electron chi connectivity index (χ4n) is 2.30. The fourth-order valence-corrected chi connectivity index (χ4v) is 4.66. The molecular formula is C19H17N5O4S3. The summed E-state index contributed by atoms with van der Waals surface area (Å²) in [6, 6.07) is 15.5. The number of anilines is 2. The van der Waals surface area contributed by atoms with Crippen molar-refractivity contribution in [3.63, 3.8) is 0 Å². The maximum atomic E-state index is 12.0. The number of hydrogen-bond donors (Lipinski definition) is 2. The first kappa shape index (κ1) is 22.7. The van der Waals surface area contributed by atoms with Crippen molar-refractivity contribution in [1.82, 2.24) is 10.2 Å². The molecule has 0 spiro atoms. The van der Waals surface area contributed by atoms with E-state index in [1.165, 1.54) is 59.1 Å². The van der Waals surface area contributed by atoms with Gasteiger partial charge in [-0.1, -0.05) is 53.4 Å². The topological polar surface area (TPSA) is 127 Å². The van der Waals surface area contributed by atoms with Crippen LogP contribution >= 0.6 is 34.9 Å². The van der Waals surface area contributed by atoms with Gasteiger partial charge in [0.05, 0.1) is 16.4 Å². The van der Waals surface area contributed by atoms with Crippen LogP contribution in [-0.2, 0) is 15.3 Å². The molecule has 0 saturated carbocycles. The molecule has 0 aliphatic heterocycles. The molecule has 9 nitrogen and oxygen atoms in total. The van der Waals surface area contributed by atoms with E-state index >= 15 is 0 Å². The molecule has 2 amide bonds. The molecule has 0 bridgehead atoms. The molecule has 1 aromatic heterocycles. The van der Waals surface area contributed by atoms with Crippen LogP contribution in [0.4, 0.5) is 16.5 Å². The summed E-state index contributed by atoms with van der Waals surface area (Å²) in [5.41, 5.74) is 1.57. The van der Waals surface area contributed by atoms with E-state index in [1.807, 2.05) is 30.3 Å². The second-order valence-corrected chi connectivity index (χ2v) is 9.23. The summed E-state index contributed by atoms with van der Waals surface area (Å²) in [6.45, 7) is 0. The maximum absolute atomic E-state index is 12.0. The van der Waals surface area contributed by atoms with E-state index < -0.39 is 4.92 Å². The van der Waals surface area contributed by atoms with Gasteiger partial charge < -0.3 is 5.32 Å². The van der Waals surface area contributed by atoms with Gasteiger partial charge in [-0.2, -0.15) is 0 Å². The van der Waals surface area contributed by atoms with E-state index in [4.69, 9.17) is 0 Å². The Hall–Kier alpha value is -2.96. The van der Waals surface area contributed by atoms with Crippen LogP contribution in [0.2, 0.25) is 0 Å². The number of nitro groups is 1. The molecule has 0 fully saturated rings. The van der Waals surface area contributed by atoms with Gasteiger partial charge in [-0.05, 0) is 17.7 Å². The summed E-state index contributed by atoms with van der Waals surface area (Å²) in [6.07, 6.45) is 0. The third-order valence-corrected chi connectivity index (χ3v) is 6.66.